The van der Waals surface area contributed by atoms with Gasteiger partial charge < -0.3 is 14.8 Å². The van der Waals surface area contributed by atoms with Crippen LogP contribution in [0.5, 0.6) is 0 Å². The van der Waals surface area contributed by atoms with Crippen LogP contribution in [0.4, 0.5) is 4.79 Å². The van der Waals surface area contributed by atoms with E-state index in [2.05, 4.69) is 4.98 Å². The van der Waals surface area contributed by atoms with E-state index in [-0.39, 0.29) is 35.7 Å². The van der Waals surface area contributed by atoms with Gasteiger partial charge in [-0.2, -0.15) is 0 Å². The van der Waals surface area contributed by atoms with Crippen LogP contribution in [-0.4, -0.2) is 69.8 Å². The molecule has 0 bridgehead atoms. The first-order valence-electron chi connectivity index (χ1n) is 10.2. The lowest BCUT2D eigenvalue weighted by Gasteiger charge is -2.31. The highest BCUT2D eigenvalue weighted by atomic mass is 16.2. The zero-order valence-electron chi connectivity index (χ0n) is 17.4. The minimum absolute atomic E-state index is 0.104. The van der Waals surface area contributed by atoms with Gasteiger partial charge in [-0.15, -0.1) is 0 Å². The van der Waals surface area contributed by atoms with Crippen LogP contribution in [0.1, 0.15) is 38.1 Å². The van der Waals surface area contributed by atoms with Crippen molar-refractivity contribution < 1.29 is 14.4 Å². The van der Waals surface area contributed by atoms with Crippen molar-refractivity contribution in [1.29, 1.82) is 0 Å². The third-order valence-corrected chi connectivity index (χ3v) is 5.67. The Morgan fingerprint density at radius 3 is 2.69 bits per heavy atom. The maximum atomic E-state index is 13.5. The van der Waals surface area contributed by atoms with Crippen molar-refractivity contribution in [3.8, 4) is 0 Å². The van der Waals surface area contributed by atoms with Gasteiger partial charge in [-0.1, -0.05) is 33.8 Å². The van der Waals surface area contributed by atoms with Gasteiger partial charge in [-0.25, -0.2) is 4.79 Å². The molecule has 0 aliphatic carbocycles. The number of amides is 4. The van der Waals surface area contributed by atoms with E-state index in [1.807, 2.05) is 58.2 Å². The molecule has 4 amide bonds. The summed E-state index contributed by atoms with van der Waals surface area (Å²) in [6, 6.07) is 6.66. The minimum Gasteiger partial charge on any atom is -0.361 e. The molecule has 0 spiro atoms. The van der Waals surface area contributed by atoms with Crippen LogP contribution in [-0.2, 0) is 4.79 Å². The fourth-order valence-electron chi connectivity index (χ4n) is 4.48. The molecule has 7 heteroatoms. The summed E-state index contributed by atoms with van der Waals surface area (Å²) in [5.74, 6) is -0.102. The summed E-state index contributed by atoms with van der Waals surface area (Å²) >= 11 is 0. The molecular formula is C22H28N4O3. The average Bonchev–Trinajstić information content (AvgIpc) is 3.16. The second-order valence-corrected chi connectivity index (χ2v) is 9.36. The van der Waals surface area contributed by atoms with Gasteiger partial charge in [-0.05, 0) is 24.1 Å². The standard InChI is InChI=1S/C22H28N4O3/c1-14(2)10-25-20(28)18-11-24(12-22(3,4)13-26(18)21(25)29)19(27)16-6-5-7-17-15(16)8-9-23-17/h5-9,14,18,23H,10-13H2,1-4H3. The van der Waals surface area contributed by atoms with Gasteiger partial charge in [0.25, 0.3) is 11.8 Å². The van der Waals surface area contributed by atoms with E-state index in [0.29, 0.717) is 25.2 Å². The number of imide groups is 1. The van der Waals surface area contributed by atoms with E-state index in [4.69, 9.17) is 0 Å². The number of hydrogen-bond donors (Lipinski definition) is 1. The van der Waals surface area contributed by atoms with Crippen molar-refractivity contribution in [1.82, 2.24) is 19.7 Å². The number of benzene rings is 1. The molecule has 1 unspecified atom stereocenters. The lowest BCUT2D eigenvalue weighted by Crippen LogP contribution is -2.44. The molecule has 2 saturated heterocycles. The summed E-state index contributed by atoms with van der Waals surface area (Å²) in [5, 5.41) is 0.867. The molecule has 0 saturated carbocycles. The lowest BCUT2D eigenvalue weighted by atomic mass is 9.92. The Balaban J connectivity index is 1.67. The van der Waals surface area contributed by atoms with Gasteiger partial charge in [0, 0.05) is 47.7 Å². The Hall–Kier alpha value is -2.83. The zero-order chi connectivity index (χ0) is 20.9. The summed E-state index contributed by atoms with van der Waals surface area (Å²) in [7, 11) is 0. The molecule has 1 N–H and O–H groups in total. The Bertz CT molecular complexity index is 977. The van der Waals surface area contributed by atoms with Crippen molar-refractivity contribution in [2.45, 2.75) is 33.7 Å². The molecule has 3 heterocycles. The molecule has 1 aromatic carbocycles. The Morgan fingerprint density at radius 1 is 1.21 bits per heavy atom. The van der Waals surface area contributed by atoms with Crippen molar-refractivity contribution in [2.75, 3.05) is 26.2 Å². The smallest absolute Gasteiger partial charge is 0.327 e. The predicted octanol–water partition coefficient (Wildman–Crippen LogP) is 2.94. The van der Waals surface area contributed by atoms with Gasteiger partial charge in [-0.3, -0.25) is 14.5 Å². The molecule has 7 nitrogen and oxygen atoms in total. The third kappa shape index (κ3) is 3.39. The van der Waals surface area contributed by atoms with Crippen LogP contribution >= 0.6 is 0 Å². The molecule has 1 aromatic heterocycles. The maximum Gasteiger partial charge on any atom is 0.327 e. The number of aromatic nitrogens is 1. The number of carbonyl (C=O) groups is 3. The molecular weight excluding hydrogens is 368 g/mol. The average molecular weight is 396 g/mol. The van der Waals surface area contributed by atoms with Gasteiger partial charge in [0.1, 0.15) is 6.04 Å². The second kappa shape index (κ2) is 6.90. The predicted molar refractivity (Wildman–Crippen MR) is 110 cm³/mol. The van der Waals surface area contributed by atoms with Crippen molar-refractivity contribution >= 4 is 28.7 Å². The van der Waals surface area contributed by atoms with Crippen molar-refractivity contribution in [3.63, 3.8) is 0 Å². The van der Waals surface area contributed by atoms with Crippen molar-refractivity contribution in [2.24, 2.45) is 11.3 Å². The Labute approximate surface area is 170 Å². The van der Waals surface area contributed by atoms with Gasteiger partial charge in [0.15, 0.2) is 0 Å². The lowest BCUT2D eigenvalue weighted by molar-refractivity contribution is -0.128. The largest absolute Gasteiger partial charge is 0.361 e. The SMILES string of the molecule is CC(C)CN1C(=O)C2CN(C(=O)c3cccc4[nH]ccc34)CC(C)(C)CN2C1=O. The van der Waals surface area contributed by atoms with Crippen LogP contribution in [0.15, 0.2) is 30.5 Å². The number of nitrogens with zero attached hydrogens (tertiary/aromatic N) is 3. The first kappa shape index (κ1) is 19.5. The molecule has 1 atom stereocenters. The molecule has 154 valence electrons. The topological polar surface area (TPSA) is 76.7 Å². The number of urea groups is 1. The quantitative estimate of drug-likeness (QED) is 0.811. The number of rotatable bonds is 3. The van der Waals surface area contributed by atoms with Crippen LogP contribution in [0.2, 0.25) is 0 Å². The maximum absolute atomic E-state index is 13.5. The van der Waals surface area contributed by atoms with E-state index in [9.17, 15) is 14.4 Å². The summed E-state index contributed by atoms with van der Waals surface area (Å²) in [6.45, 7) is 9.62. The van der Waals surface area contributed by atoms with Crippen LogP contribution in [0.3, 0.4) is 0 Å². The highest BCUT2D eigenvalue weighted by molar-refractivity contribution is 6.08. The number of carbonyl (C=O) groups excluding carboxylic acids is 3. The van der Waals surface area contributed by atoms with Gasteiger partial charge in [0.05, 0.1) is 6.54 Å². The van der Waals surface area contributed by atoms with E-state index >= 15 is 0 Å². The fraction of sp³-hybridized carbons (Fsp3) is 0.500. The Morgan fingerprint density at radius 2 is 1.97 bits per heavy atom. The Kier molecular flexibility index (Phi) is 4.63. The van der Waals surface area contributed by atoms with Crippen LogP contribution in [0.25, 0.3) is 10.9 Å². The number of fused-ring (bicyclic) bond motifs is 2. The number of aromatic amines is 1. The van der Waals surface area contributed by atoms with Gasteiger partial charge in [0.2, 0.25) is 0 Å². The molecule has 2 fully saturated rings. The van der Waals surface area contributed by atoms with E-state index < -0.39 is 6.04 Å². The zero-order valence-corrected chi connectivity index (χ0v) is 17.4. The summed E-state index contributed by atoms with van der Waals surface area (Å²) < 4.78 is 0. The van der Waals surface area contributed by atoms with E-state index in [0.717, 1.165) is 10.9 Å². The third-order valence-electron chi connectivity index (χ3n) is 5.67. The number of hydrogen-bond acceptors (Lipinski definition) is 3. The molecule has 29 heavy (non-hydrogen) atoms. The fourth-order valence-corrected chi connectivity index (χ4v) is 4.48. The number of H-pyrrole nitrogens is 1. The monoisotopic (exact) mass is 396 g/mol. The molecule has 4 rings (SSSR count). The van der Waals surface area contributed by atoms with Crippen molar-refractivity contribution in [3.05, 3.63) is 36.0 Å². The molecule has 2 aromatic rings. The van der Waals surface area contributed by atoms with Crippen LogP contribution in [0, 0.1) is 11.3 Å². The minimum atomic E-state index is -0.614. The van der Waals surface area contributed by atoms with E-state index in [1.165, 1.54) is 4.90 Å². The summed E-state index contributed by atoms with van der Waals surface area (Å²) in [6.07, 6.45) is 1.82. The number of nitrogens with one attached hydrogen (secondary N) is 1. The highest BCUT2D eigenvalue weighted by Crippen LogP contribution is 2.31. The molecule has 2 aliphatic heterocycles. The highest BCUT2D eigenvalue weighted by Gasteiger charge is 2.50. The summed E-state index contributed by atoms with van der Waals surface area (Å²) in [5.41, 5.74) is 1.20. The molecule has 2 aliphatic rings. The van der Waals surface area contributed by atoms with Gasteiger partial charge >= 0.3 is 6.03 Å². The second-order valence-electron chi connectivity index (χ2n) is 9.36. The normalized spacial score (nSPS) is 21.8. The molecule has 0 radical (unpaired) electrons. The van der Waals surface area contributed by atoms with E-state index in [1.54, 1.807) is 9.80 Å². The first-order chi connectivity index (χ1) is 13.7. The first-order valence-corrected chi connectivity index (χ1v) is 10.2. The van der Waals surface area contributed by atoms with Crippen LogP contribution < -0.4 is 0 Å². The summed E-state index contributed by atoms with van der Waals surface area (Å²) in [4.78, 5) is 47.4.